The summed E-state index contributed by atoms with van der Waals surface area (Å²) in [5.74, 6) is -0.231. The number of aromatic nitrogens is 4. The summed E-state index contributed by atoms with van der Waals surface area (Å²) in [7, 11) is 0. The first-order valence-corrected chi connectivity index (χ1v) is 16.3. The number of nitrogens with zero attached hydrogens (tertiary/aromatic N) is 4. The quantitative estimate of drug-likeness (QED) is 0.160. The second kappa shape index (κ2) is 13.8. The lowest BCUT2D eigenvalue weighted by molar-refractivity contribution is -0.120. The molecule has 242 valence electrons. The molecule has 0 saturated carbocycles. The molecule has 7 aromatic rings. The highest BCUT2D eigenvalue weighted by Gasteiger charge is 2.39. The third-order valence-corrected chi connectivity index (χ3v) is 8.98. The van der Waals surface area contributed by atoms with E-state index in [1.165, 1.54) is 4.68 Å². The summed E-state index contributed by atoms with van der Waals surface area (Å²) < 4.78 is 3.66. The van der Waals surface area contributed by atoms with E-state index in [2.05, 4.69) is 99.2 Å². The van der Waals surface area contributed by atoms with Gasteiger partial charge in [0.1, 0.15) is 5.54 Å². The zero-order valence-electron chi connectivity index (χ0n) is 27.2. The molecule has 0 aliphatic carbocycles. The molecule has 0 aliphatic heterocycles. The van der Waals surface area contributed by atoms with Gasteiger partial charge in [-0.15, -0.1) is 0 Å². The maximum Gasteiger partial charge on any atom is 0.272 e. The predicted octanol–water partition coefficient (Wildman–Crippen LogP) is 6.34. The fraction of sp³-hybridized carbons (Fsp3) is 0.122. The molecule has 0 radical (unpaired) electrons. The summed E-state index contributed by atoms with van der Waals surface area (Å²) in [4.78, 5) is 35.6. The fourth-order valence-electron chi connectivity index (χ4n) is 6.50. The Kier molecular flexibility index (Phi) is 8.84. The Bertz CT molecular complexity index is 2150. The number of amides is 1. The highest BCUT2D eigenvalue weighted by atomic mass is 16.2. The van der Waals surface area contributed by atoms with Crippen LogP contribution in [0.5, 0.6) is 0 Å². The Morgan fingerprint density at radius 1 is 0.755 bits per heavy atom. The van der Waals surface area contributed by atoms with Gasteiger partial charge in [-0.3, -0.25) is 14.6 Å². The number of pyridine rings is 2. The number of nitrogens with one attached hydrogen (secondary N) is 2. The zero-order chi connectivity index (χ0) is 33.6. The van der Waals surface area contributed by atoms with Crippen molar-refractivity contribution in [2.45, 2.75) is 32.0 Å². The molecule has 0 aliphatic rings. The van der Waals surface area contributed by atoms with E-state index in [1.54, 1.807) is 18.6 Å². The molecule has 1 amide bonds. The van der Waals surface area contributed by atoms with Crippen LogP contribution in [0.1, 0.15) is 38.9 Å². The molecule has 0 bridgehead atoms. The van der Waals surface area contributed by atoms with Crippen LogP contribution in [0.25, 0.3) is 11.0 Å². The molecule has 3 heterocycles. The summed E-state index contributed by atoms with van der Waals surface area (Å²) in [6, 6.07) is 43.1. The topological polar surface area (TPSA) is 93.8 Å². The predicted molar refractivity (Wildman–Crippen MR) is 193 cm³/mol. The smallest absolute Gasteiger partial charge is 0.272 e. The minimum atomic E-state index is -0.712. The first kappa shape index (κ1) is 31.3. The van der Waals surface area contributed by atoms with Gasteiger partial charge in [0.2, 0.25) is 5.91 Å². The first-order valence-electron chi connectivity index (χ1n) is 16.3. The Hall–Kier alpha value is -6.28. The van der Waals surface area contributed by atoms with Gasteiger partial charge >= 0.3 is 0 Å². The molecule has 2 N–H and O–H groups in total. The number of fused-ring (bicyclic) bond motifs is 1. The van der Waals surface area contributed by atoms with E-state index in [0.717, 1.165) is 44.4 Å². The van der Waals surface area contributed by atoms with Gasteiger partial charge in [0.15, 0.2) is 0 Å². The van der Waals surface area contributed by atoms with Crippen molar-refractivity contribution in [2.24, 2.45) is 0 Å². The number of aryl methyl sites for hydroxylation is 1. The van der Waals surface area contributed by atoms with Gasteiger partial charge in [-0.05, 0) is 64.6 Å². The fourth-order valence-corrected chi connectivity index (χ4v) is 6.50. The maximum absolute atomic E-state index is 13.3. The van der Waals surface area contributed by atoms with Crippen molar-refractivity contribution in [3.63, 3.8) is 0 Å². The van der Waals surface area contributed by atoms with Gasteiger partial charge in [-0.25, -0.2) is 9.66 Å². The van der Waals surface area contributed by atoms with Crippen molar-refractivity contribution in [3.8, 4) is 0 Å². The molecule has 4 aromatic carbocycles. The molecule has 8 nitrogen and oxygen atoms in total. The SMILES string of the molecule is Cc1ccn(NCc2cccnc2)c(=O)c1CC(=O)NCc1ccc2ncn(C(c3ccccc3)(c3ccccc3)c3ccccc3)c2c1. The maximum atomic E-state index is 13.3. The number of carbonyl (C=O) groups excluding carboxylic acids is 1. The highest BCUT2D eigenvalue weighted by Crippen LogP contribution is 2.42. The van der Waals surface area contributed by atoms with Gasteiger partial charge in [0.05, 0.1) is 30.3 Å². The summed E-state index contributed by atoms with van der Waals surface area (Å²) in [6.45, 7) is 2.58. The van der Waals surface area contributed by atoms with Crippen LogP contribution in [0.4, 0.5) is 0 Å². The molecule has 7 rings (SSSR count). The summed E-state index contributed by atoms with van der Waals surface area (Å²) in [5, 5.41) is 3.04. The molecule has 49 heavy (non-hydrogen) atoms. The Morgan fingerprint density at radius 3 is 2.02 bits per heavy atom. The van der Waals surface area contributed by atoms with Gasteiger partial charge in [-0.2, -0.15) is 0 Å². The van der Waals surface area contributed by atoms with Crippen molar-refractivity contribution < 1.29 is 4.79 Å². The standard InChI is InChI=1S/C41H36N6O2/c1-30-21-23-47(45-28-32-12-11-22-42-26-32)40(49)36(30)25-39(48)43-27-31-19-20-37-38(24-31)46(29-44-37)41(33-13-5-2-6-14-33,34-15-7-3-8-16-34)35-17-9-4-10-18-35/h2-24,26,29,45H,25,27-28H2,1H3,(H,43,48). The molecule has 8 heteroatoms. The average Bonchev–Trinajstić information content (AvgIpc) is 3.58. The average molecular weight is 645 g/mol. The molecular formula is C41H36N6O2. The summed E-state index contributed by atoms with van der Waals surface area (Å²) in [5.41, 5.74) is 10.3. The number of carbonyl (C=O) groups is 1. The van der Waals surface area contributed by atoms with E-state index in [4.69, 9.17) is 4.98 Å². The van der Waals surface area contributed by atoms with Gasteiger partial charge in [0.25, 0.3) is 5.56 Å². The van der Waals surface area contributed by atoms with Crippen LogP contribution in [0.15, 0.2) is 157 Å². The number of hydrogen-bond donors (Lipinski definition) is 2. The van der Waals surface area contributed by atoms with E-state index in [-0.39, 0.29) is 17.9 Å². The summed E-state index contributed by atoms with van der Waals surface area (Å²) in [6.07, 6.45) is 7.02. The normalized spacial score (nSPS) is 11.4. The second-order valence-corrected chi connectivity index (χ2v) is 12.0. The Morgan fingerprint density at radius 2 is 1.41 bits per heavy atom. The van der Waals surface area contributed by atoms with Crippen LogP contribution in [-0.4, -0.2) is 25.1 Å². The molecule has 0 fully saturated rings. The molecule has 0 saturated heterocycles. The van der Waals surface area contributed by atoms with E-state index in [1.807, 2.05) is 61.8 Å². The Labute approximate surface area is 284 Å². The minimum absolute atomic E-state index is 0.0284. The number of rotatable bonds is 11. The lowest BCUT2D eigenvalue weighted by Crippen LogP contribution is -2.37. The van der Waals surface area contributed by atoms with E-state index >= 15 is 0 Å². The Balaban J connectivity index is 1.18. The van der Waals surface area contributed by atoms with Crippen molar-refractivity contribution in [1.82, 2.24) is 24.5 Å². The van der Waals surface area contributed by atoms with Gasteiger partial charge in [0, 0.05) is 30.7 Å². The van der Waals surface area contributed by atoms with Gasteiger partial charge < -0.3 is 15.3 Å². The first-order chi connectivity index (χ1) is 24.0. The van der Waals surface area contributed by atoms with Crippen LogP contribution >= 0.6 is 0 Å². The van der Waals surface area contributed by atoms with E-state index in [9.17, 15) is 9.59 Å². The third-order valence-electron chi connectivity index (χ3n) is 8.98. The highest BCUT2D eigenvalue weighted by molar-refractivity contribution is 5.80. The zero-order valence-corrected chi connectivity index (χ0v) is 27.2. The number of benzene rings is 4. The molecule has 0 atom stereocenters. The second-order valence-electron chi connectivity index (χ2n) is 12.0. The lowest BCUT2D eigenvalue weighted by atomic mass is 9.76. The van der Waals surface area contributed by atoms with Crippen molar-refractivity contribution in [1.29, 1.82) is 0 Å². The van der Waals surface area contributed by atoms with Crippen molar-refractivity contribution in [2.75, 3.05) is 5.43 Å². The van der Waals surface area contributed by atoms with Crippen LogP contribution in [-0.2, 0) is 29.8 Å². The lowest BCUT2D eigenvalue weighted by Gasteiger charge is -2.38. The van der Waals surface area contributed by atoms with Crippen LogP contribution in [0, 0.1) is 6.92 Å². The number of imidazole rings is 1. The van der Waals surface area contributed by atoms with E-state index < -0.39 is 5.54 Å². The minimum Gasteiger partial charge on any atom is -0.352 e. The monoisotopic (exact) mass is 644 g/mol. The van der Waals surface area contributed by atoms with Crippen LogP contribution < -0.4 is 16.3 Å². The van der Waals surface area contributed by atoms with Crippen LogP contribution in [0.2, 0.25) is 0 Å². The van der Waals surface area contributed by atoms with Crippen molar-refractivity contribution in [3.05, 3.63) is 202 Å². The molecular weight excluding hydrogens is 608 g/mol. The van der Waals surface area contributed by atoms with E-state index in [0.29, 0.717) is 18.7 Å². The number of hydrogen-bond acceptors (Lipinski definition) is 5. The van der Waals surface area contributed by atoms with Crippen LogP contribution in [0.3, 0.4) is 0 Å². The van der Waals surface area contributed by atoms with Gasteiger partial charge in [-0.1, -0.05) is 103 Å². The third kappa shape index (κ3) is 6.24. The largest absolute Gasteiger partial charge is 0.352 e. The van der Waals surface area contributed by atoms with Crippen molar-refractivity contribution >= 4 is 16.9 Å². The summed E-state index contributed by atoms with van der Waals surface area (Å²) >= 11 is 0. The molecule has 0 unspecified atom stereocenters. The molecule has 0 spiro atoms. The molecule has 3 aromatic heterocycles.